The lowest BCUT2D eigenvalue weighted by Gasteiger charge is -2.35. The van der Waals surface area contributed by atoms with Crippen LogP contribution in [0.5, 0.6) is 0 Å². The molecular weight excluding hydrogens is 280 g/mol. The van der Waals surface area contributed by atoms with Crippen LogP contribution in [-0.4, -0.2) is 34.2 Å². The van der Waals surface area contributed by atoms with Crippen LogP contribution >= 0.6 is 15.9 Å². The number of aromatic nitrogens is 1. The molecular formula is C13H19BrN2O. The molecule has 1 aromatic heterocycles. The Labute approximate surface area is 111 Å². The van der Waals surface area contributed by atoms with Crippen molar-refractivity contribution in [1.82, 2.24) is 9.88 Å². The number of aliphatic hydroxyl groups is 1. The summed E-state index contributed by atoms with van der Waals surface area (Å²) >= 11 is 3.40. The van der Waals surface area contributed by atoms with Crippen LogP contribution in [0.3, 0.4) is 0 Å². The van der Waals surface area contributed by atoms with Crippen LogP contribution in [0.2, 0.25) is 0 Å². The lowest BCUT2D eigenvalue weighted by atomic mass is 9.99. The summed E-state index contributed by atoms with van der Waals surface area (Å²) in [5.41, 5.74) is 1.11. The number of nitrogens with zero attached hydrogens (tertiary/aromatic N) is 2. The SMILES string of the molecule is OCCC1CCCCN1Cc1ccc(Br)cn1. The molecule has 3 nitrogen and oxygen atoms in total. The number of halogens is 1. The van der Waals surface area contributed by atoms with Gasteiger partial charge in [0.1, 0.15) is 0 Å². The summed E-state index contributed by atoms with van der Waals surface area (Å²) in [6, 6.07) is 4.63. The number of pyridine rings is 1. The van der Waals surface area contributed by atoms with Gasteiger partial charge in [-0.25, -0.2) is 0 Å². The Kier molecular flexibility index (Phi) is 4.95. The largest absolute Gasteiger partial charge is 0.396 e. The van der Waals surface area contributed by atoms with Crippen molar-refractivity contribution in [2.75, 3.05) is 13.2 Å². The van der Waals surface area contributed by atoms with E-state index >= 15 is 0 Å². The van der Waals surface area contributed by atoms with E-state index in [1.165, 1.54) is 19.3 Å². The first-order chi connectivity index (χ1) is 8.29. The molecule has 1 fully saturated rings. The number of hydrogen-bond acceptors (Lipinski definition) is 3. The van der Waals surface area contributed by atoms with Crippen molar-refractivity contribution in [2.45, 2.75) is 38.3 Å². The van der Waals surface area contributed by atoms with Crippen LogP contribution < -0.4 is 0 Å². The predicted molar refractivity (Wildman–Crippen MR) is 71.7 cm³/mol. The van der Waals surface area contributed by atoms with Crippen LogP contribution in [0.1, 0.15) is 31.4 Å². The minimum atomic E-state index is 0.287. The molecule has 0 spiro atoms. The van der Waals surface area contributed by atoms with Crippen LogP contribution in [0, 0.1) is 0 Å². The standard InChI is InChI=1S/C13H19BrN2O/c14-11-4-5-12(15-9-11)10-16-7-2-1-3-13(16)6-8-17/h4-5,9,13,17H,1-3,6-8,10H2. The van der Waals surface area contributed by atoms with Gasteiger partial charge in [-0.2, -0.15) is 0 Å². The van der Waals surface area contributed by atoms with Crippen molar-refractivity contribution in [3.8, 4) is 0 Å². The van der Waals surface area contributed by atoms with E-state index < -0.39 is 0 Å². The van der Waals surface area contributed by atoms with Gasteiger partial charge in [0.05, 0.1) is 5.69 Å². The molecule has 4 heteroatoms. The summed E-state index contributed by atoms with van der Waals surface area (Å²) in [4.78, 5) is 6.87. The summed E-state index contributed by atoms with van der Waals surface area (Å²) in [6.07, 6.45) is 6.49. The molecule has 0 radical (unpaired) electrons. The molecule has 1 aliphatic heterocycles. The smallest absolute Gasteiger partial charge is 0.0544 e. The Balaban J connectivity index is 1.97. The lowest BCUT2D eigenvalue weighted by Crippen LogP contribution is -2.39. The van der Waals surface area contributed by atoms with Crippen molar-refractivity contribution in [3.05, 3.63) is 28.5 Å². The fourth-order valence-electron chi connectivity index (χ4n) is 2.45. The number of rotatable bonds is 4. The van der Waals surface area contributed by atoms with E-state index in [4.69, 9.17) is 5.11 Å². The quantitative estimate of drug-likeness (QED) is 0.928. The first kappa shape index (κ1) is 13.0. The van der Waals surface area contributed by atoms with E-state index in [-0.39, 0.29) is 6.61 Å². The Hall–Kier alpha value is -0.450. The summed E-state index contributed by atoms with van der Waals surface area (Å²) in [6.45, 7) is 2.31. The Morgan fingerprint density at radius 1 is 1.41 bits per heavy atom. The average molecular weight is 299 g/mol. The second kappa shape index (κ2) is 6.47. The van der Waals surface area contributed by atoms with E-state index in [1.807, 2.05) is 12.3 Å². The third kappa shape index (κ3) is 3.76. The van der Waals surface area contributed by atoms with Crippen molar-refractivity contribution in [1.29, 1.82) is 0 Å². The van der Waals surface area contributed by atoms with Gasteiger partial charge in [-0.15, -0.1) is 0 Å². The molecule has 2 rings (SSSR count). The maximum Gasteiger partial charge on any atom is 0.0544 e. The van der Waals surface area contributed by atoms with Crippen LogP contribution in [-0.2, 0) is 6.54 Å². The van der Waals surface area contributed by atoms with Gasteiger partial charge in [-0.3, -0.25) is 9.88 Å². The minimum absolute atomic E-state index is 0.287. The Bertz CT molecular complexity index is 340. The second-order valence-electron chi connectivity index (χ2n) is 4.60. The molecule has 2 heterocycles. The fourth-order valence-corrected chi connectivity index (χ4v) is 2.69. The molecule has 0 saturated carbocycles. The van der Waals surface area contributed by atoms with E-state index in [0.29, 0.717) is 6.04 Å². The monoisotopic (exact) mass is 298 g/mol. The number of likely N-dealkylation sites (tertiary alicyclic amines) is 1. The molecule has 1 unspecified atom stereocenters. The van der Waals surface area contributed by atoms with Crippen molar-refractivity contribution in [2.24, 2.45) is 0 Å². The third-order valence-corrected chi connectivity index (χ3v) is 3.83. The Morgan fingerprint density at radius 2 is 2.29 bits per heavy atom. The fraction of sp³-hybridized carbons (Fsp3) is 0.615. The van der Waals surface area contributed by atoms with Gasteiger partial charge in [0.15, 0.2) is 0 Å². The highest BCUT2D eigenvalue weighted by atomic mass is 79.9. The van der Waals surface area contributed by atoms with Gasteiger partial charge in [-0.05, 0) is 53.9 Å². The molecule has 1 atom stereocenters. The van der Waals surface area contributed by atoms with Gasteiger partial charge in [-0.1, -0.05) is 6.42 Å². The molecule has 0 aromatic carbocycles. The van der Waals surface area contributed by atoms with E-state index in [0.717, 1.165) is 29.7 Å². The van der Waals surface area contributed by atoms with Crippen molar-refractivity contribution in [3.63, 3.8) is 0 Å². The zero-order valence-corrected chi connectivity index (χ0v) is 11.6. The van der Waals surface area contributed by atoms with Gasteiger partial charge < -0.3 is 5.11 Å². The highest BCUT2D eigenvalue weighted by Crippen LogP contribution is 2.21. The normalized spacial score (nSPS) is 21.6. The average Bonchev–Trinajstić information content (AvgIpc) is 2.35. The highest BCUT2D eigenvalue weighted by molar-refractivity contribution is 9.10. The number of piperidine rings is 1. The maximum atomic E-state index is 9.09. The summed E-state index contributed by atoms with van der Waals surface area (Å²) in [5.74, 6) is 0. The maximum absolute atomic E-state index is 9.09. The van der Waals surface area contributed by atoms with Crippen molar-refractivity contribution < 1.29 is 5.11 Å². The number of aliphatic hydroxyl groups excluding tert-OH is 1. The molecule has 1 saturated heterocycles. The molecule has 1 aromatic rings. The van der Waals surface area contributed by atoms with Gasteiger partial charge in [0.2, 0.25) is 0 Å². The van der Waals surface area contributed by atoms with E-state index in [1.54, 1.807) is 0 Å². The van der Waals surface area contributed by atoms with Gasteiger partial charge >= 0.3 is 0 Å². The molecule has 1 aliphatic rings. The zero-order valence-electron chi connectivity index (χ0n) is 9.98. The van der Waals surface area contributed by atoms with Gasteiger partial charge in [0, 0.05) is 29.9 Å². The van der Waals surface area contributed by atoms with Crippen LogP contribution in [0.4, 0.5) is 0 Å². The molecule has 94 valence electrons. The summed E-state index contributed by atoms with van der Waals surface area (Å²) in [7, 11) is 0. The van der Waals surface area contributed by atoms with E-state index in [9.17, 15) is 0 Å². The Morgan fingerprint density at radius 3 is 3.00 bits per heavy atom. The first-order valence-corrected chi connectivity index (χ1v) is 7.04. The molecule has 17 heavy (non-hydrogen) atoms. The molecule has 0 bridgehead atoms. The summed E-state index contributed by atoms with van der Waals surface area (Å²) in [5, 5.41) is 9.09. The second-order valence-corrected chi connectivity index (χ2v) is 5.52. The third-order valence-electron chi connectivity index (χ3n) is 3.37. The minimum Gasteiger partial charge on any atom is -0.396 e. The summed E-state index contributed by atoms with van der Waals surface area (Å²) < 4.78 is 1.02. The topological polar surface area (TPSA) is 36.4 Å². The predicted octanol–water partition coefficient (Wildman–Crippen LogP) is 2.58. The molecule has 0 aliphatic carbocycles. The van der Waals surface area contributed by atoms with Crippen LogP contribution in [0.15, 0.2) is 22.8 Å². The van der Waals surface area contributed by atoms with Gasteiger partial charge in [0.25, 0.3) is 0 Å². The van der Waals surface area contributed by atoms with Crippen molar-refractivity contribution >= 4 is 15.9 Å². The molecule has 1 N–H and O–H groups in total. The first-order valence-electron chi connectivity index (χ1n) is 6.25. The lowest BCUT2D eigenvalue weighted by molar-refractivity contribution is 0.111. The number of hydrogen-bond donors (Lipinski definition) is 1. The highest BCUT2D eigenvalue weighted by Gasteiger charge is 2.21. The zero-order chi connectivity index (χ0) is 12.1. The molecule has 0 amide bonds. The van der Waals surface area contributed by atoms with E-state index in [2.05, 4.69) is 31.9 Å². The van der Waals surface area contributed by atoms with Crippen LogP contribution in [0.25, 0.3) is 0 Å².